The van der Waals surface area contributed by atoms with E-state index in [1.54, 1.807) is 31.5 Å². The summed E-state index contributed by atoms with van der Waals surface area (Å²) in [7, 11) is 11.6. The van der Waals surface area contributed by atoms with Gasteiger partial charge in [-0.15, -0.1) is 66.6 Å². The van der Waals surface area contributed by atoms with Crippen LogP contribution in [0.5, 0.6) is 0 Å². The van der Waals surface area contributed by atoms with Crippen LogP contribution >= 0.6 is 34.1 Å². The van der Waals surface area contributed by atoms with Crippen LogP contribution < -0.4 is 20.7 Å². The zero-order valence-corrected chi connectivity index (χ0v) is 85.1. The van der Waals surface area contributed by atoms with Crippen molar-refractivity contribution >= 4 is 217 Å². The van der Waals surface area contributed by atoms with Gasteiger partial charge in [0.1, 0.15) is 0 Å². The van der Waals surface area contributed by atoms with Gasteiger partial charge in [-0.05, 0) is 139 Å². The van der Waals surface area contributed by atoms with E-state index < -0.39 is 74.0 Å². The Hall–Kier alpha value is -6.45. The Bertz CT molecular complexity index is 6310. The Labute approximate surface area is 752 Å². The van der Waals surface area contributed by atoms with Crippen LogP contribution in [-0.2, 0) is 63.5 Å². The van der Waals surface area contributed by atoms with Gasteiger partial charge in [-0.25, -0.2) is 0 Å². The molecule has 14 aromatic carbocycles. The topological polar surface area (TPSA) is 38.2 Å². The molecule has 4 aromatic heterocycles. The summed E-state index contributed by atoms with van der Waals surface area (Å²) in [6.45, 7) is 39.9. The molecule has 0 aliphatic heterocycles. The normalized spacial score (nSPS) is 12.6. The van der Waals surface area contributed by atoms with E-state index in [0.29, 0.717) is 0 Å². The molecule has 4 heterocycles. The number of benzene rings is 10. The molecule has 120 heavy (non-hydrogen) atoms. The van der Waals surface area contributed by atoms with E-state index in [-0.39, 0.29) is 11.2 Å². The van der Waals surface area contributed by atoms with Crippen LogP contribution in [0.2, 0.25) is 64.5 Å². The first kappa shape index (κ1) is 88.4. The summed E-state index contributed by atoms with van der Waals surface area (Å²) in [5, 5.41) is 29.5. The van der Waals surface area contributed by atoms with E-state index in [2.05, 4.69) is 369 Å². The van der Waals surface area contributed by atoms with Crippen LogP contribution in [0.15, 0.2) is 243 Å². The first-order valence-electron chi connectivity index (χ1n) is 43.3. The Morgan fingerprint density at radius 2 is 0.583 bits per heavy atom. The van der Waals surface area contributed by atoms with E-state index in [1.165, 1.54) is 187 Å². The number of para-hydroxylation sites is 4. The minimum absolute atomic E-state index is 0.0834. The number of ether oxygens (including phenoxy) is 2. The van der Waals surface area contributed by atoms with Gasteiger partial charge in [0.2, 0.25) is 0 Å². The number of rotatable bonds is 24. The summed E-state index contributed by atoms with van der Waals surface area (Å²) < 4.78 is 22.9. The summed E-state index contributed by atoms with van der Waals surface area (Å²) in [4.78, 5) is 0. The minimum atomic E-state index is -2.62. The summed E-state index contributed by atoms with van der Waals surface area (Å²) in [5.41, 5.74) is 15.9. The van der Waals surface area contributed by atoms with Crippen LogP contribution in [0.1, 0.15) is 104 Å². The van der Waals surface area contributed by atoms with Crippen molar-refractivity contribution in [3.8, 4) is 11.4 Å². The molecular formula is C104H116Cl4N4O2Si4Zr2. The molecule has 18 rings (SSSR count). The van der Waals surface area contributed by atoms with Crippen LogP contribution in [0.4, 0.5) is 0 Å². The van der Waals surface area contributed by atoms with Gasteiger partial charge in [0.05, 0.1) is 27.3 Å². The molecule has 0 fully saturated rings. The molecule has 0 aliphatic carbocycles. The van der Waals surface area contributed by atoms with E-state index >= 15 is 0 Å². The molecule has 0 saturated heterocycles. The molecule has 616 valence electrons. The maximum atomic E-state index is 6.17. The predicted molar refractivity (Wildman–Crippen MR) is 532 cm³/mol. The molecule has 16 heteroatoms. The Morgan fingerprint density at radius 3 is 0.900 bits per heavy atom. The third kappa shape index (κ3) is 17.4. The van der Waals surface area contributed by atoms with Crippen molar-refractivity contribution < 1.29 is 51.2 Å². The van der Waals surface area contributed by atoms with E-state index in [9.17, 15) is 0 Å². The summed E-state index contributed by atoms with van der Waals surface area (Å²) >= 11 is -1.65. The summed E-state index contributed by atoms with van der Waals surface area (Å²) in [6, 6.07) is 94.9. The number of hydrogen-bond donors (Lipinski definition) is 0. The third-order valence-corrected chi connectivity index (χ3v) is 36.4. The van der Waals surface area contributed by atoms with Crippen LogP contribution in [0.25, 0.3) is 142 Å². The molecule has 0 N–H and O–H groups in total. The van der Waals surface area contributed by atoms with Gasteiger partial charge in [0.25, 0.3) is 0 Å². The molecular weight excluding hydrogens is 1770 g/mol. The van der Waals surface area contributed by atoms with Gasteiger partial charge >= 0.3 is 75.7 Å². The number of hydrogen-bond acceptors (Lipinski definition) is 2. The summed E-state index contributed by atoms with van der Waals surface area (Å²) in [5.74, 6) is 0. The zero-order valence-electron chi connectivity index (χ0n) is 73.1. The summed E-state index contributed by atoms with van der Waals surface area (Å²) in [6.07, 6.45) is 11.6. The molecule has 0 atom stereocenters. The van der Waals surface area contributed by atoms with E-state index in [0.717, 1.165) is 44.4 Å². The van der Waals surface area contributed by atoms with Gasteiger partial charge in [0.15, 0.2) is 0 Å². The van der Waals surface area contributed by atoms with Crippen molar-refractivity contribution in [3.05, 3.63) is 254 Å². The quantitative estimate of drug-likeness (QED) is 0.0344. The van der Waals surface area contributed by atoms with E-state index in [4.69, 9.17) is 43.5 Å². The predicted octanol–water partition coefficient (Wildman–Crippen LogP) is 29.5. The average molecular weight is 1890 g/mol. The monoisotopic (exact) mass is 1880 g/mol. The number of halogens is 4. The second-order valence-electron chi connectivity index (χ2n) is 38.3. The molecule has 18 aromatic rings. The first-order chi connectivity index (χ1) is 57.5. The van der Waals surface area contributed by atoms with Crippen LogP contribution in [0, 0.1) is 13.8 Å². The first-order valence-corrected chi connectivity index (χ1v) is 68.8. The molecule has 0 bridgehead atoms. The molecule has 0 radical (unpaired) electrons. The number of unbranched alkanes of at least 4 members (excludes halogenated alkanes) is 6. The van der Waals surface area contributed by atoms with Crippen molar-refractivity contribution in [2.45, 2.75) is 195 Å². The van der Waals surface area contributed by atoms with Crippen molar-refractivity contribution in [3.63, 3.8) is 0 Å². The molecule has 0 amide bonds. The molecule has 0 aliphatic rings. The standard InChI is InChI=1S/C53H50N2OSi.C51H66N2OSi3.4ClH.2Zr/c1-53(2,3)56-35-21-5-6-22-36-57(4,51-41-29-15-13-27-39(41)49-47(51)43-31-17-19-33-45(43)54(49)37-23-9-7-10-24-37)52-42-30-16-14-28-40(42)50-48(52)44-32-18-20-34-46(44)55(50)38-25-11-8-12-26-38;1-35-25-27-43-41(31-35)45-47(52(43)33-55(6,7)8)37-21-15-17-23-39(37)49(45)57(12,30-20-14-13-19-29-54-51(3,4)5)50-40-24-18-16-22-38(40)48-46(50)42-32-36(2)26-28-44(42)53(48)34-56(9,10)11;;;;;;/h7-20,23-34H,5-6,21-22,35-36H2,1-4H3;15-18,21-28,31-32H,13-14,19-20,29-30,33-34H2,1-12H3;4*1H;;/q2*-2;;;;;2*+4/p-4. The second-order valence-corrected chi connectivity index (χ2v) is 65.0. The maximum absolute atomic E-state index is 6.17. The van der Waals surface area contributed by atoms with Crippen molar-refractivity contribution in [2.24, 2.45) is 0 Å². The zero-order chi connectivity index (χ0) is 84.8. The van der Waals surface area contributed by atoms with Crippen molar-refractivity contribution in [1.29, 1.82) is 0 Å². The Morgan fingerprint density at radius 1 is 0.308 bits per heavy atom. The molecule has 0 saturated carbocycles. The van der Waals surface area contributed by atoms with Crippen LogP contribution in [0.3, 0.4) is 0 Å². The number of fused-ring (bicyclic) bond motifs is 20. The van der Waals surface area contributed by atoms with Crippen molar-refractivity contribution in [2.75, 3.05) is 13.2 Å². The van der Waals surface area contributed by atoms with Gasteiger partial charge in [0, 0.05) is 75.1 Å². The fraction of sp³-hybridized carbons (Fsp3) is 0.308. The number of aryl methyl sites for hydroxylation is 2. The van der Waals surface area contributed by atoms with Gasteiger partial charge in [-0.2, -0.15) is 0 Å². The second kappa shape index (κ2) is 36.6. The fourth-order valence-corrected chi connectivity index (χ4v) is 32.7. The Balaban J connectivity index is 0.000000176. The number of nitrogens with zero attached hydrogens (tertiary/aromatic N) is 4. The van der Waals surface area contributed by atoms with Gasteiger partial charge in [-0.1, -0.05) is 349 Å². The van der Waals surface area contributed by atoms with Gasteiger partial charge in [-0.3, -0.25) is 0 Å². The SMILES string of the molecule is CC(C)(C)OCCCCCC[Si](C)([c-]1c2ccccc2c2c1c1ccccc1n2-c1ccccc1)[c-]1c2ccccc2c2c1c1ccccc1n2-c1ccccc1.Cc1ccc2c(c1)c1c(c3ccccc3[c-]1[Si](C)(CCCCCCOC(C)(C)C)[c-]1c3ccccc3c3c1c1cc(C)ccc1n3C[Si](C)(C)C)n2C[Si](C)(C)C.[Cl][Zr+2][Cl].[Cl][Zr+2][Cl]. The average Bonchev–Trinajstić information content (AvgIpc) is 1.52. The van der Waals surface area contributed by atoms with Gasteiger partial charge < -0.3 is 27.7 Å². The van der Waals surface area contributed by atoms with Crippen LogP contribution in [-0.4, -0.2) is 75.0 Å². The van der Waals surface area contributed by atoms with Crippen molar-refractivity contribution in [1.82, 2.24) is 18.3 Å². The molecule has 6 nitrogen and oxygen atoms in total. The molecule has 0 unspecified atom stereocenters. The Kier molecular flexibility index (Phi) is 27.0. The fourth-order valence-electron chi connectivity index (χ4n) is 20.3. The third-order valence-electron chi connectivity index (χ3n) is 24.7. The molecule has 0 spiro atoms. The van der Waals surface area contributed by atoms with E-state index in [1.807, 2.05) is 0 Å². The number of aromatic nitrogens is 4.